The van der Waals surface area contributed by atoms with Gasteiger partial charge in [0.2, 0.25) is 5.89 Å². The molecule has 3 rings (SSSR count). The highest BCUT2D eigenvalue weighted by molar-refractivity contribution is 5.08. The molecule has 0 radical (unpaired) electrons. The zero-order chi connectivity index (χ0) is 11.0. The molecule has 0 spiro atoms. The van der Waals surface area contributed by atoms with Crippen LogP contribution >= 0.6 is 0 Å². The maximum Gasteiger partial charge on any atom is 0.232 e. The third kappa shape index (κ3) is 1.65. The maximum atomic E-state index is 5.48. The molecular formula is C12H19N3O. The summed E-state index contributed by atoms with van der Waals surface area (Å²) >= 11 is 0. The topological polar surface area (TPSA) is 51.0 Å². The molecule has 0 amide bonds. The summed E-state index contributed by atoms with van der Waals surface area (Å²) in [5.74, 6) is 2.24. The zero-order valence-electron chi connectivity index (χ0n) is 9.83. The van der Waals surface area contributed by atoms with E-state index in [1.807, 2.05) is 0 Å². The summed E-state index contributed by atoms with van der Waals surface area (Å²) in [5, 5.41) is 7.50. The fourth-order valence-electron chi connectivity index (χ4n) is 2.89. The molecule has 1 unspecified atom stereocenters. The van der Waals surface area contributed by atoms with Crippen LogP contribution in [-0.4, -0.2) is 23.2 Å². The van der Waals surface area contributed by atoms with Crippen LogP contribution in [0.25, 0.3) is 0 Å². The first-order valence-corrected chi connectivity index (χ1v) is 6.33. The molecule has 4 nitrogen and oxygen atoms in total. The molecule has 1 aromatic rings. The van der Waals surface area contributed by atoms with E-state index in [0.717, 1.165) is 31.2 Å². The molecular weight excluding hydrogens is 202 g/mol. The van der Waals surface area contributed by atoms with Crippen molar-refractivity contribution in [3.05, 3.63) is 11.7 Å². The van der Waals surface area contributed by atoms with Crippen molar-refractivity contribution in [3.63, 3.8) is 0 Å². The maximum absolute atomic E-state index is 5.48. The average Bonchev–Trinajstić information content (AvgIpc) is 2.98. The summed E-state index contributed by atoms with van der Waals surface area (Å²) in [6, 6.07) is 0. The van der Waals surface area contributed by atoms with Crippen molar-refractivity contribution in [1.82, 2.24) is 15.5 Å². The lowest BCUT2D eigenvalue weighted by molar-refractivity contribution is 0.293. The van der Waals surface area contributed by atoms with Gasteiger partial charge in [-0.15, -0.1) is 0 Å². The fourth-order valence-corrected chi connectivity index (χ4v) is 2.89. The Morgan fingerprint density at radius 1 is 1.38 bits per heavy atom. The molecule has 16 heavy (non-hydrogen) atoms. The van der Waals surface area contributed by atoms with Crippen LogP contribution in [0.3, 0.4) is 0 Å². The Kier molecular flexibility index (Phi) is 2.46. The highest BCUT2D eigenvalue weighted by Crippen LogP contribution is 2.40. The van der Waals surface area contributed by atoms with Gasteiger partial charge >= 0.3 is 0 Å². The summed E-state index contributed by atoms with van der Waals surface area (Å²) in [6.07, 6.45) is 6.10. The van der Waals surface area contributed by atoms with Crippen LogP contribution in [-0.2, 0) is 5.41 Å². The molecule has 2 heterocycles. The van der Waals surface area contributed by atoms with Gasteiger partial charge in [-0.25, -0.2) is 0 Å². The summed E-state index contributed by atoms with van der Waals surface area (Å²) < 4.78 is 5.48. The number of aromatic nitrogens is 2. The molecule has 0 aromatic carbocycles. The second kappa shape index (κ2) is 3.84. The van der Waals surface area contributed by atoms with Crippen LogP contribution in [0.5, 0.6) is 0 Å². The number of nitrogens with zero attached hydrogens (tertiary/aromatic N) is 2. The summed E-state index contributed by atoms with van der Waals surface area (Å²) in [4.78, 5) is 4.63. The van der Waals surface area contributed by atoms with E-state index in [1.54, 1.807) is 0 Å². The zero-order valence-corrected chi connectivity index (χ0v) is 9.83. The third-order valence-corrected chi connectivity index (χ3v) is 4.09. The van der Waals surface area contributed by atoms with E-state index in [1.165, 1.54) is 25.7 Å². The van der Waals surface area contributed by atoms with Crippen LogP contribution in [0.2, 0.25) is 0 Å². The monoisotopic (exact) mass is 221 g/mol. The number of hydrogen-bond donors (Lipinski definition) is 1. The minimum absolute atomic E-state index is 0.150. The second-order valence-electron chi connectivity index (χ2n) is 5.42. The quantitative estimate of drug-likeness (QED) is 0.829. The minimum atomic E-state index is 0.150. The lowest BCUT2D eigenvalue weighted by Crippen LogP contribution is -2.17. The van der Waals surface area contributed by atoms with Crippen LogP contribution in [0, 0.1) is 0 Å². The highest BCUT2D eigenvalue weighted by Gasteiger charge is 2.36. The van der Waals surface area contributed by atoms with Gasteiger partial charge in [0.1, 0.15) is 0 Å². The fraction of sp³-hybridized carbons (Fsp3) is 0.833. The molecule has 2 aliphatic rings. The predicted octanol–water partition coefficient (Wildman–Crippen LogP) is 1.98. The van der Waals surface area contributed by atoms with Gasteiger partial charge in [0.15, 0.2) is 5.82 Å². The Labute approximate surface area is 95.8 Å². The Morgan fingerprint density at radius 2 is 2.19 bits per heavy atom. The minimum Gasteiger partial charge on any atom is -0.339 e. The molecule has 2 fully saturated rings. The van der Waals surface area contributed by atoms with Gasteiger partial charge in [-0.3, -0.25) is 0 Å². The molecule has 1 aliphatic heterocycles. The smallest absolute Gasteiger partial charge is 0.232 e. The van der Waals surface area contributed by atoms with Gasteiger partial charge in [-0.1, -0.05) is 24.9 Å². The van der Waals surface area contributed by atoms with Crippen molar-refractivity contribution >= 4 is 0 Å². The van der Waals surface area contributed by atoms with Gasteiger partial charge in [0, 0.05) is 17.9 Å². The summed E-state index contributed by atoms with van der Waals surface area (Å²) in [5.41, 5.74) is 0.150. The van der Waals surface area contributed by atoms with E-state index in [-0.39, 0.29) is 5.41 Å². The first kappa shape index (κ1) is 10.3. The number of rotatable bonds is 2. The van der Waals surface area contributed by atoms with Gasteiger partial charge in [0.25, 0.3) is 0 Å². The lowest BCUT2D eigenvalue weighted by atomic mass is 9.89. The highest BCUT2D eigenvalue weighted by atomic mass is 16.5. The largest absolute Gasteiger partial charge is 0.339 e. The van der Waals surface area contributed by atoms with Gasteiger partial charge in [-0.2, -0.15) is 4.98 Å². The van der Waals surface area contributed by atoms with E-state index in [4.69, 9.17) is 4.52 Å². The van der Waals surface area contributed by atoms with Crippen molar-refractivity contribution in [2.24, 2.45) is 0 Å². The van der Waals surface area contributed by atoms with E-state index in [0.29, 0.717) is 5.92 Å². The number of nitrogens with one attached hydrogen (secondary N) is 1. The number of hydrogen-bond acceptors (Lipinski definition) is 4. The second-order valence-corrected chi connectivity index (χ2v) is 5.42. The van der Waals surface area contributed by atoms with Crippen molar-refractivity contribution in [1.29, 1.82) is 0 Å². The van der Waals surface area contributed by atoms with Crippen molar-refractivity contribution in [2.45, 2.75) is 50.4 Å². The Hall–Kier alpha value is -0.900. The SMILES string of the molecule is CC1(c2nc(C3CCNC3)no2)CCCC1. The first-order chi connectivity index (χ1) is 7.78. The van der Waals surface area contributed by atoms with E-state index < -0.39 is 0 Å². The average molecular weight is 221 g/mol. The van der Waals surface area contributed by atoms with Gasteiger partial charge in [-0.05, 0) is 25.8 Å². The van der Waals surface area contributed by atoms with Crippen LogP contribution in [0.4, 0.5) is 0 Å². The molecule has 0 bridgehead atoms. The van der Waals surface area contributed by atoms with Crippen molar-refractivity contribution in [3.8, 4) is 0 Å². The molecule has 4 heteroatoms. The standard InChI is InChI=1S/C12H19N3O/c1-12(5-2-3-6-12)11-14-10(15-16-11)9-4-7-13-8-9/h9,13H,2-8H2,1H3. The normalized spacial score (nSPS) is 28.7. The third-order valence-electron chi connectivity index (χ3n) is 4.09. The van der Waals surface area contributed by atoms with E-state index in [9.17, 15) is 0 Å². The molecule has 1 aromatic heterocycles. The summed E-state index contributed by atoms with van der Waals surface area (Å²) in [6.45, 7) is 4.33. The van der Waals surface area contributed by atoms with Crippen molar-refractivity contribution < 1.29 is 4.52 Å². The lowest BCUT2D eigenvalue weighted by Gasteiger charge is -2.16. The molecule has 88 valence electrons. The van der Waals surface area contributed by atoms with E-state index >= 15 is 0 Å². The van der Waals surface area contributed by atoms with Crippen molar-refractivity contribution in [2.75, 3.05) is 13.1 Å². The Bertz CT molecular complexity index is 362. The van der Waals surface area contributed by atoms with Crippen LogP contribution < -0.4 is 5.32 Å². The molecule has 1 N–H and O–H groups in total. The molecule has 1 saturated heterocycles. The molecule has 1 aliphatic carbocycles. The first-order valence-electron chi connectivity index (χ1n) is 6.33. The van der Waals surface area contributed by atoms with Crippen LogP contribution in [0.15, 0.2) is 4.52 Å². The predicted molar refractivity (Wildman–Crippen MR) is 60.3 cm³/mol. The van der Waals surface area contributed by atoms with Gasteiger partial charge in [0.05, 0.1) is 0 Å². The molecule has 1 atom stereocenters. The van der Waals surface area contributed by atoms with E-state index in [2.05, 4.69) is 22.4 Å². The molecule has 1 saturated carbocycles. The Balaban J connectivity index is 1.81. The summed E-state index contributed by atoms with van der Waals surface area (Å²) in [7, 11) is 0. The Morgan fingerprint density at radius 3 is 2.88 bits per heavy atom. The van der Waals surface area contributed by atoms with Gasteiger partial charge < -0.3 is 9.84 Å². The van der Waals surface area contributed by atoms with Crippen LogP contribution in [0.1, 0.15) is 56.7 Å².